The molecule has 0 radical (unpaired) electrons. The molecule has 0 nitrogen and oxygen atoms in total. The van der Waals surface area contributed by atoms with Crippen LogP contribution in [-0.4, -0.2) is 16.5 Å². The van der Waals surface area contributed by atoms with Crippen molar-refractivity contribution in [1.82, 2.24) is 0 Å². The molecule has 0 aliphatic carbocycles. The molecule has 0 fully saturated rings. The van der Waals surface area contributed by atoms with Crippen molar-refractivity contribution in [3.8, 4) is 0 Å². The van der Waals surface area contributed by atoms with Gasteiger partial charge in [-0.15, -0.1) is 0 Å². The van der Waals surface area contributed by atoms with Crippen LogP contribution in [0, 0.1) is 0 Å². The van der Waals surface area contributed by atoms with Gasteiger partial charge in [0.2, 0.25) is 0 Å². The first kappa shape index (κ1) is 13.4. The maximum Gasteiger partial charge on any atom is -0.0149 e. The van der Waals surface area contributed by atoms with Gasteiger partial charge < -0.3 is 0 Å². The van der Waals surface area contributed by atoms with Gasteiger partial charge in [0.05, 0.1) is 0 Å². The molecule has 0 aromatic rings. The summed E-state index contributed by atoms with van der Waals surface area (Å²) in [5.41, 5.74) is 0. The minimum absolute atomic E-state index is 0.155. The molecule has 1 unspecified atom stereocenters. The van der Waals surface area contributed by atoms with Gasteiger partial charge in [-0.05, 0) is 22.9 Å². The van der Waals surface area contributed by atoms with Crippen LogP contribution in [0.1, 0.15) is 61.3 Å². The molecule has 80 valence electrons. The molecule has 0 rings (SSSR count). The summed E-state index contributed by atoms with van der Waals surface area (Å²) in [5.74, 6) is 0. The van der Waals surface area contributed by atoms with Crippen LogP contribution in [0.15, 0.2) is 0 Å². The molecule has 1 heteroatoms. The van der Waals surface area contributed by atoms with Gasteiger partial charge in [0.25, 0.3) is 0 Å². The van der Waals surface area contributed by atoms with Crippen molar-refractivity contribution >= 4 is 7.92 Å². The SMILES string of the molecule is CCCP(C(C)(C)C)C(C)(C)CC. The van der Waals surface area contributed by atoms with Crippen molar-refractivity contribution in [2.45, 2.75) is 71.6 Å². The first-order chi connectivity index (χ1) is 5.75. The molecule has 0 amide bonds. The van der Waals surface area contributed by atoms with Crippen molar-refractivity contribution in [3.05, 3.63) is 0 Å². The van der Waals surface area contributed by atoms with Crippen LogP contribution < -0.4 is 0 Å². The van der Waals surface area contributed by atoms with Gasteiger partial charge >= 0.3 is 0 Å². The molecular formula is C12H27P. The van der Waals surface area contributed by atoms with Gasteiger partial charge in [0.1, 0.15) is 0 Å². The summed E-state index contributed by atoms with van der Waals surface area (Å²) in [6, 6.07) is 0. The number of hydrogen-bond acceptors (Lipinski definition) is 0. The highest BCUT2D eigenvalue weighted by molar-refractivity contribution is 7.60. The van der Waals surface area contributed by atoms with Crippen molar-refractivity contribution in [3.63, 3.8) is 0 Å². The van der Waals surface area contributed by atoms with Gasteiger partial charge in [0, 0.05) is 0 Å². The van der Waals surface area contributed by atoms with Crippen LogP contribution in [0.2, 0.25) is 0 Å². The van der Waals surface area contributed by atoms with Gasteiger partial charge in [-0.3, -0.25) is 0 Å². The Kier molecular flexibility index (Phi) is 4.94. The Hall–Kier alpha value is 0.430. The maximum absolute atomic E-state index is 2.44. The normalized spacial score (nSPS) is 15.9. The second-order valence-corrected chi connectivity index (χ2v) is 9.34. The summed E-state index contributed by atoms with van der Waals surface area (Å²) >= 11 is 0. The van der Waals surface area contributed by atoms with E-state index in [1.807, 2.05) is 0 Å². The fraction of sp³-hybridized carbons (Fsp3) is 1.00. The Balaban J connectivity index is 4.60. The third kappa shape index (κ3) is 3.98. The van der Waals surface area contributed by atoms with Crippen molar-refractivity contribution in [1.29, 1.82) is 0 Å². The van der Waals surface area contributed by atoms with E-state index in [4.69, 9.17) is 0 Å². The van der Waals surface area contributed by atoms with E-state index < -0.39 is 0 Å². The van der Waals surface area contributed by atoms with Gasteiger partial charge in [-0.1, -0.05) is 62.8 Å². The molecule has 13 heavy (non-hydrogen) atoms. The summed E-state index contributed by atoms with van der Waals surface area (Å²) in [4.78, 5) is 0. The Morgan fingerprint density at radius 2 is 1.38 bits per heavy atom. The van der Waals surface area contributed by atoms with E-state index in [9.17, 15) is 0 Å². The van der Waals surface area contributed by atoms with Crippen LogP contribution in [0.4, 0.5) is 0 Å². The monoisotopic (exact) mass is 202 g/mol. The Morgan fingerprint density at radius 1 is 0.923 bits per heavy atom. The summed E-state index contributed by atoms with van der Waals surface area (Å²) in [6.07, 6.45) is 4.09. The highest BCUT2D eigenvalue weighted by atomic mass is 31.1. The number of rotatable bonds is 4. The van der Waals surface area contributed by atoms with E-state index in [2.05, 4.69) is 48.5 Å². The average Bonchev–Trinajstić information content (AvgIpc) is 1.98. The highest BCUT2D eigenvalue weighted by Gasteiger charge is 2.34. The molecule has 0 saturated heterocycles. The Labute approximate surface area is 86.3 Å². The van der Waals surface area contributed by atoms with Crippen molar-refractivity contribution in [2.75, 3.05) is 6.16 Å². The Bertz CT molecular complexity index is 142. The average molecular weight is 202 g/mol. The molecule has 0 aromatic heterocycles. The summed E-state index contributed by atoms with van der Waals surface area (Å²) in [7, 11) is 0.155. The van der Waals surface area contributed by atoms with Crippen LogP contribution in [0.25, 0.3) is 0 Å². The maximum atomic E-state index is 2.44. The predicted molar refractivity (Wildman–Crippen MR) is 66.2 cm³/mol. The van der Waals surface area contributed by atoms with Gasteiger partial charge in [0.15, 0.2) is 0 Å². The van der Waals surface area contributed by atoms with E-state index in [0.29, 0.717) is 10.3 Å². The van der Waals surface area contributed by atoms with E-state index in [0.717, 1.165) is 0 Å². The van der Waals surface area contributed by atoms with E-state index in [-0.39, 0.29) is 7.92 Å². The van der Waals surface area contributed by atoms with Crippen LogP contribution in [0.3, 0.4) is 0 Å². The zero-order valence-electron chi connectivity index (χ0n) is 10.6. The first-order valence-corrected chi connectivity index (χ1v) is 7.06. The Morgan fingerprint density at radius 3 is 1.62 bits per heavy atom. The van der Waals surface area contributed by atoms with Crippen LogP contribution in [0.5, 0.6) is 0 Å². The fourth-order valence-corrected chi connectivity index (χ4v) is 5.88. The smallest absolute Gasteiger partial charge is 0.0149 e. The van der Waals surface area contributed by atoms with Crippen LogP contribution >= 0.6 is 7.92 Å². The second kappa shape index (κ2) is 4.78. The standard InChI is InChI=1S/C12H27P/c1-8-10-13(11(3,4)5)12(6,7)9-2/h8-10H2,1-7H3. The fourth-order valence-electron chi connectivity index (χ4n) is 1.96. The lowest BCUT2D eigenvalue weighted by atomic mass is 10.1. The summed E-state index contributed by atoms with van der Waals surface area (Å²) in [5, 5.41) is 1.08. The summed E-state index contributed by atoms with van der Waals surface area (Å²) in [6.45, 7) is 16.8. The zero-order chi connectivity index (χ0) is 10.7. The third-order valence-electron chi connectivity index (χ3n) is 2.85. The lowest BCUT2D eigenvalue weighted by molar-refractivity contribution is 0.633. The first-order valence-electron chi connectivity index (χ1n) is 5.53. The quantitative estimate of drug-likeness (QED) is 0.571. The lowest BCUT2D eigenvalue weighted by Crippen LogP contribution is -2.28. The second-order valence-electron chi connectivity index (χ2n) is 5.49. The molecule has 0 aliphatic heterocycles. The van der Waals surface area contributed by atoms with E-state index >= 15 is 0 Å². The molecule has 0 bridgehead atoms. The molecule has 0 N–H and O–H groups in total. The molecule has 1 atom stereocenters. The minimum Gasteiger partial charge on any atom is -0.0954 e. The van der Waals surface area contributed by atoms with Gasteiger partial charge in [-0.2, -0.15) is 0 Å². The third-order valence-corrected chi connectivity index (χ3v) is 7.14. The molecular weight excluding hydrogens is 175 g/mol. The topological polar surface area (TPSA) is 0 Å². The largest absolute Gasteiger partial charge is 0.0954 e. The predicted octanol–water partition coefficient (Wildman–Crippen LogP) is 4.87. The molecule has 0 aliphatic rings. The van der Waals surface area contributed by atoms with E-state index in [1.165, 1.54) is 19.0 Å². The van der Waals surface area contributed by atoms with Crippen molar-refractivity contribution in [2.24, 2.45) is 0 Å². The van der Waals surface area contributed by atoms with Crippen LogP contribution in [-0.2, 0) is 0 Å². The molecule has 0 spiro atoms. The minimum atomic E-state index is 0.155. The lowest BCUT2D eigenvalue weighted by Gasteiger charge is -2.43. The zero-order valence-corrected chi connectivity index (χ0v) is 11.5. The molecule has 0 heterocycles. The van der Waals surface area contributed by atoms with Gasteiger partial charge in [-0.25, -0.2) is 0 Å². The highest BCUT2D eigenvalue weighted by Crippen LogP contribution is 2.60. The summed E-state index contributed by atoms with van der Waals surface area (Å²) < 4.78 is 0. The van der Waals surface area contributed by atoms with E-state index in [1.54, 1.807) is 0 Å². The number of hydrogen-bond donors (Lipinski definition) is 0. The molecule has 0 aromatic carbocycles. The molecule has 0 saturated carbocycles. The van der Waals surface area contributed by atoms with Crippen molar-refractivity contribution < 1.29 is 0 Å².